The Hall–Kier alpha value is -3.34. The lowest BCUT2D eigenvalue weighted by molar-refractivity contribution is -0.151. The first-order chi connectivity index (χ1) is 15.2. The molecule has 3 aliphatic rings. The van der Waals surface area contributed by atoms with Gasteiger partial charge >= 0.3 is 11.8 Å². The molecular weight excluding hydrogens is 394 g/mol. The molecule has 2 aliphatic heterocycles. The Morgan fingerprint density at radius 3 is 2.26 bits per heavy atom. The van der Waals surface area contributed by atoms with Gasteiger partial charge in [0.15, 0.2) is 5.76 Å². The molecule has 0 spiro atoms. The Labute approximate surface area is 181 Å². The maximum absolute atomic E-state index is 12.7. The Morgan fingerprint density at radius 1 is 0.935 bits per heavy atom. The van der Waals surface area contributed by atoms with Crippen molar-refractivity contribution in [2.24, 2.45) is 0 Å². The molecule has 8 heteroatoms. The van der Waals surface area contributed by atoms with Crippen molar-refractivity contribution < 1.29 is 14.0 Å². The van der Waals surface area contributed by atoms with Gasteiger partial charge in [0.2, 0.25) is 0 Å². The summed E-state index contributed by atoms with van der Waals surface area (Å²) in [5.41, 5.74) is 3.63. The minimum absolute atomic E-state index is 0.389. The van der Waals surface area contributed by atoms with E-state index in [-0.39, 0.29) is 5.91 Å². The van der Waals surface area contributed by atoms with Gasteiger partial charge in [-0.25, -0.2) is 4.98 Å². The first-order valence-corrected chi connectivity index (χ1v) is 11.0. The van der Waals surface area contributed by atoms with Crippen molar-refractivity contribution in [1.82, 2.24) is 14.8 Å². The lowest BCUT2D eigenvalue weighted by Crippen LogP contribution is -2.53. The summed E-state index contributed by atoms with van der Waals surface area (Å²) < 4.78 is 5.63. The van der Waals surface area contributed by atoms with Gasteiger partial charge in [-0.2, -0.15) is 5.26 Å². The monoisotopic (exact) mass is 419 g/mol. The van der Waals surface area contributed by atoms with Crippen molar-refractivity contribution in [2.45, 2.75) is 32.1 Å². The molecule has 160 valence electrons. The SMILES string of the molecule is N#Cc1c(N2CCN(C(=O)C(=O)N3CCCC3)CC2)nc(-c2ccco2)c2c1CCC2. The summed E-state index contributed by atoms with van der Waals surface area (Å²) in [6.07, 6.45) is 6.33. The van der Waals surface area contributed by atoms with E-state index in [0.717, 1.165) is 48.9 Å². The predicted octanol–water partition coefficient (Wildman–Crippen LogP) is 1.97. The lowest BCUT2D eigenvalue weighted by atomic mass is 10.0. The van der Waals surface area contributed by atoms with Crippen LogP contribution in [0, 0.1) is 11.3 Å². The van der Waals surface area contributed by atoms with Crippen molar-refractivity contribution in [2.75, 3.05) is 44.2 Å². The minimum atomic E-state index is -0.416. The molecule has 0 atom stereocenters. The summed E-state index contributed by atoms with van der Waals surface area (Å²) in [6, 6.07) is 6.12. The molecule has 2 fully saturated rings. The van der Waals surface area contributed by atoms with Gasteiger partial charge in [0.25, 0.3) is 0 Å². The molecule has 0 bridgehead atoms. The number of furan rings is 1. The topological polar surface area (TPSA) is 93.7 Å². The van der Waals surface area contributed by atoms with Crippen molar-refractivity contribution >= 4 is 17.6 Å². The quantitative estimate of drug-likeness (QED) is 0.691. The van der Waals surface area contributed by atoms with Gasteiger partial charge in [0, 0.05) is 39.3 Å². The number of hydrogen-bond donors (Lipinski definition) is 0. The average Bonchev–Trinajstić information content (AvgIpc) is 3.59. The maximum atomic E-state index is 12.7. The number of fused-ring (bicyclic) bond motifs is 1. The van der Waals surface area contributed by atoms with Gasteiger partial charge in [0.05, 0.1) is 11.8 Å². The number of nitriles is 1. The van der Waals surface area contributed by atoms with Crippen LogP contribution in [0.1, 0.15) is 36.0 Å². The second-order valence-corrected chi connectivity index (χ2v) is 8.34. The van der Waals surface area contributed by atoms with E-state index in [0.29, 0.717) is 56.4 Å². The van der Waals surface area contributed by atoms with Crippen LogP contribution >= 0.6 is 0 Å². The normalized spacial score (nSPS) is 18.2. The summed E-state index contributed by atoms with van der Waals surface area (Å²) in [5, 5.41) is 9.91. The molecular formula is C23H25N5O3. The van der Waals surface area contributed by atoms with Gasteiger partial charge in [0.1, 0.15) is 17.6 Å². The number of piperazine rings is 1. The zero-order valence-corrected chi connectivity index (χ0v) is 17.5. The molecule has 31 heavy (non-hydrogen) atoms. The highest BCUT2D eigenvalue weighted by atomic mass is 16.3. The lowest BCUT2D eigenvalue weighted by Gasteiger charge is -2.36. The van der Waals surface area contributed by atoms with Crippen molar-refractivity contribution in [3.63, 3.8) is 0 Å². The van der Waals surface area contributed by atoms with Crippen LogP contribution in [-0.2, 0) is 22.4 Å². The zero-order chi connectivity index (χ0) is 21.4. The number of carbonyl (C=O) groups excluding carboxylic acids is 2. The molecule has 4 heterocycles. The molecule has 2 saturated heterocycles. The fraction of sp³-hybridized carbons (Fsp3) is 0.478. The summed E-state index contributed by atoms with van der Waals surface area (Å²) in [5.74, 6) is 0.570. The number of aromatic nitrogens is 1. The third kappa shape index (κ3) is 3.44. The first-order valence-electron chi connectivity index (χ1n) is 11.0. The summed E-state index contributed by atoms with van der Waals surface area (Å²) in [7, 11) is 0. The second-order valence-electron chi connectivity index (χ2n) is 8.34. The van der Waals surface area contributed by atoms with Crippen LogP contribution in [0.3, 0.4) is 0 Å². The maximum Gasteiger partial charge on any atom is 0.312 e. The van der Waals surface area contributed by atoms with E-state index < -0.39 is 5.91 Å². The van der Waals surface area contributed by atoms with E-state index in [4.69, 9.17) is 9.40 Å². The van der Waals surface area contributed by atoms with Gasteiger partial charge < -0.3 is 19.1 Å². The van der Waals surface area contributed by atoms with Crippen LogP contribution in [0.4, 0.5) is 5.82 Å². The predicted molar refractivity (Wildman–Crippen MR) is 113 cm³/mol. The van der Waals surface area contributed by atoms with E-state index in [9.17, 15) is 14.9 Å². The van der Waals surface area contributed by atoms with Crippen LogP contribution in [0.15, 0.2) is 22.8 Å². The van der Waals surface area contributed by atoms with Gasteiger partial charge in [-0.15, -0.1) is 0 Å². The van der Waals surface area contributed by atoms with Crippen molar-refractivity contribution in [1.29, 1.82) is 5.26 Å². The highest BCUT2D eigenvalue weighted by Crippen LogP contribution is 2.37. The Kier molecular flexibility index (Phi) is 5.10. The number of rotatable bonds is 2. The molecule has 0 unspecified atom stereocenters. The molecule has 2 amide bonds. The van der Waals surface area contributed by atoms with E-state index in [1.165, 1.54) is 0 Å². The largest absolute Gasteiger partial charge is 0.463 e. The van der Waals surface area contributed by atoms with Crippen LogP contribution < -0.4 is 4.90 Å². The second kappa shape index (κ2) is 8.06. The summed E-state index contributed by atoms with van der Waals surface area (Å²) in [4.78, 5) is 35.3. The highest BCUT2D eigenvalue weighted by molar-refractivity contribution is 6.35. The number of pyridine rings is 1. The smallest absolute Gasteiger partial charge is 0.312 e. The third-order valence-corrected chi connectivity index (χ3v) is 6.56. The molecule has 0 radical (unpaired) electrons. The van der Waals surface area contributed by atoms with E-state index in [1.807, 2.05) is 12.1 Å². The molecule has 8 nitrogen and oxygen atoms in total. The van der Waals surface area contributed by atoms with E-state index in [1.54, 1.807) is 16.1 Å². The van der Waals surface area contributed by atoms with Crippen molar-refractivity contribution in [3.8, 4) is 17.5 Å². The van der Waals surface area contributed by atoms with E-state index in [2.05, 4.69) is 11.0 Å². The summed E-state index contributed by atoms with van der Waals surface area (Å²) in [6.45, 7) is 3.31. The Balaban J connectivity index is 1.38. The standard InChI is InChI=1S/C23H25N5O3/c24-15-18-16-5-3-6-17(16)20(19-7-4-14-31-19)25-21(18)26-10-12-28(13-11-26)23(30)22(29)27-8-1-2-9-27/h4,7,14H,1-3,5-6,8-13H2. The number of hydrogen-bond acceptors (Lipinski definition) is 6. The zero-order valence-electron chi connectivity index (χ0n) is 17.5. The molecule has 5 rings (SSSR count). The van der Waals surface area contributed by atoms with Gasteiger partial charge in [-0.05, 0) is 55.4 Å². The number of likely N-dealkylation sites (tertiary alicyclic amines) is 1. The molecule has 0 aromatic carbocycles. The molecule has 2 aromatic rings. The van der Waals surface area contributed by atoms with Crippen LogP contribution in [0.25, 0.3) is 11.5 Å². The Morgan fingerprint density at radius 2 is 1.61 bits per heavy atom. The summed E-state index contributed by atoms with van der Waals surface area (Å²) >= 11 is 0. The first kappa shape index (κ1) is 19.6. The number of amides is 2. The average molecular weight is 419 g/mol. The number of anilines is 1. The van der Waals surface area contributed by atoms with Crippen LogP contribution in [-0.4, -0.2) is 65.9 Å². The van der Waals surface area contributed by atoms with E-state index >= 15 is 0 Å². The molecule has 2 aromatic heterocycles. The van der Waals surface area contributed by atoms with Crippen molar-refractivity contribution in [3.05, 3.63) is 35.1 Å². The van der Waals surface area contributed by atoms with Crippen LogP contribution in [0.5, 0.6) is 0 Å². The highest BCUT2D eigenvalue weighted by Gasteiger charge is 2.33. The molecule has 0 saturated carbocycles. The third-order valence-electron chi connectivity index (χ3n) is 6.56. The van der Waals surface area contributed by atoms with Gasteiger partial charge in [-0.1, -0.05) is 0 Å². The molecule has 1 aliphatic carbocycles. The fourth-order valence-electron chi connectivity index (χ4n) is 4.92. The number of nitrogens with zero attached hydrogens (tertiary/aromatic N) is 5. The fourth-order valence-corrected chi connectivity index (χ4v) is 4.92. The number of carbonyl (C=O) groups is 2. The molecule has 0 N–H and O–H groups in total. The Bertz CT molecular complexity index is 1040. The van der Waals surface area contributed by atoms with Crippen LogP contribution in [0.2, 0.25) is 0 Å². The minimum Gasteiger partial charge on any atom is -0.463 e. The van der Waals surface area contributed by atoms with Gasteiger partial charge in [-0.3, -0.25) is 9.59 Å².